The standard InChI is InChI=1S/C16H14BrClN2O/c17-14-7-11(5-6-19)2-4-16(14)21-10-13-3-1-12(9-20)8-15(13)18/h1-4,7-8H,5-6,10,19H2. The van der Waals surface area contributed by atoms with Crippen LogP contribution in [0.25, 0.3) is 0 Å². The van der Waals surface area contributed by atoms with Gasteiger partial charge in [0, 0.05) is 10.6 Å². The second kappa shape index (κ2) is 7.46. The van der Waals surface area contributed by atoms with Crippen molar-refractivity contribution in [2.75, 3.05) is 6.54 Å². The quantitative estimate of drug-likeness (QED) is 0.869. The van der Waals surface area contributed by atoms with Crippen molar-refractivity contribution in [2.24, 2.45) is 5.73 Å². The van der Waals surface area contributed by atoms with Crippen LogP contribution in [0.15, 0.2) is 40.9 Å². The molecule has 0 aromatic heterocycles. The van der Waals surface area contributed by atoms with Gasteiger partial charge in [-0.15, -0.1) is 0 Å². The maximum absolute atomic E-state index is 8.81. The van der Waals surface area contributed by atoms with Crippen molar-refractivity contribution < 1.29 is 4.74 Å². The Bertz CT molecular complexity index is 682. The van der Waals surface area contributed by atoms with Crippen molar-refractivity contribution in [3.05, 3.63) is 62.6 Å². The van der Waals surface area contributed by atoms with E-state index in [1.807, 2.05) is 18.2 Å². The third-order valence-electron chi connectivity index (χ3n) is 2.99. The van der Waals surface area contributed by atoms with E-state index in [9.17, 15) is 0 Å². The molecule has 0 amide bonds. The number of halogens is 2. The summed E-state index contributed by atoms with van der Waals surface area (Å²) in [7, 11) is 0. The van der Waals surface area contributed by atoms with Gasteiger partial charge in [0.25, 0.3) is 0 Å². The van der Waals surface area contributed by atoms with E-state index in [0.29, 0.717) is 23.7 Å². The Labute approximate surface area is 137 Å². The van der Waals surface area contributed by atoms with Gasteiger partial charge in [0.1, 0.15) is 12.4 Å². The molecule has 0 saturated carbocycles. The first-order valence-electron chi connectivity index (χ1n) is 6.44. The van der Waals surface area contributed by atoms with Gasteiger partial charge < -0.3 is 10.5 Å². The molecule has 108 valence electrons. The van der Waals surface area contributed by atoms with Crippen LogP contribution in [0, 0.1) is 11.3 Å². The lowest BCUT2D eigenvalue weighted by atomic mass is 10.1. The van der Waals surface area contributed by atoms with Crippen molar-refractivity contribution >= 4 is 27.5 Å². The first-order valence-corrected chi connectivity index (χ1v) is 7.61. The largest absolute Gasteiger partial charge is 0.488 e. The monoisotopic (exact) mass is 364 g/mol. The van der Waals surface area contributed by atoms with Gasteiger partial charge in [0.2, 0.25) is 0 Å². The Morgan fingerprint density at radius 2 is 2.05 bits per heavy atom. The van der Waals surface area contributed by atoms with Crippen LogP contribution >= 0.6 is 27.5 Å². The van der Waals surface area contributed by atoms with E-state index in [1.165, 1.54) is 0 Å². The predicted octanol–water partition coefficient (Wildman–Crippen LogP) is 4.05. The molecule has 0 unspecified atom stereocenters. The summed E-state index contributed by atoms with van der Waals surface area (Å²) in [5, 5.41) is 9.34. The van der Waals surface area contributed by atoms with Gasteiger partial charge in [0.05, 0.1) is 16.1 Å². The average Bonchev–Trinajstić information content (AvgIpc) is 2.48. The second-order valence-corrected chi connectivity index (χ2v) is 5.77. The number of hydrogen-bond donors (Lipinski definition) is 1. The highest BCUT2D eigenvalue weighted by Crippen LogP contribution is 2.28. The van der Waals surface area contributed by atoms with Crippen LogP contribution in [0.3, 0.4) is 0 Å². The number of rotatable bonds is 5. The summed E-state index contributed by atoms with van der Waals surface area (Å²) in [5.74, 6) is 0.746. The third-order valence-corrected chi connectivity index (χ3v) is 3.97. The molecule has 0 spiro atoms. The molecule has 2 aromatic rings. The molecule has 0 aliphatic rings. The van der Waals surface area contributed by atoms with Crippen LogP contribution in [0.1, 0.15) is 16.7 Å². The van der Waals surface area contributed by atoms with Crippen molar-refractivity contribution in [2.45, 2.75) is 13.0 Å². The molecule has 0 saturated heterocycles. The fourth-order valence-electron chi connectivity index (χ4n) is 1.87. The molecule has 0 atom stereocenters. The number of hydrogen-bond acceptors (Lipinski definition) is 3. The SMILES string of the molecule is N#Cc1ccc(COc2ccc(CCN)cc2Br)c(Cl)c1. The second-order valence-electron chi connectivity index (χ2n) is 4.51. The molecule has 2 rings (SSSR count). The van der Waals surface area contributed by atoms with Crippen LogP contribution in [0.4, 0.5) is 0 Å². The lowest BCUT2D eigenvalue weighted by molar-refractivity contribution is 0.304. The molecular weight excluding hydrogens is 352 g/mol. The van der Waals surface area contributed by atoms with Crippen LogP contribution in [0.2, 0.25) is 5.02 Å². The summed E-state index contributed by atoms with van der Waals surface area (Å²) in [5.41, 5.74) is 8.08. The van der Waals surface area contributed by atoms with E-state index < -0.39 is 0 Å². The van der Waals surface area contributed by atoms with Crippen LogP contribution in [-0.4, -0.2) is 6.54 Å². The van der Waals surface area contributed by atoms with Crippen molar-refractivity contribution in [1.29, 1.82) is 5.26 Å². The molecule has 0 radical (unpaired) electrons. The molecule has 0 bridgehead atoms. The number of benzene rings is 2. The molecule has 2 aromatic carbocycles. The van der Waals surface area contributed by atoms with Crippen LogP contribution < -0.4 is 10.5 Å². The topological polar surface area (TPSA) is 59.0 Å². The van der Waals surface area contributed by atoms with E-state index in [2.05, 4.69) is 22.0 Å². The average molecular weight is 366 g/mol. The summed E-state index contributed by atoms with van der Waals surface area (Å²) < 4.78 is 6.65. The number of nitrogens with zero attached hydrogens (tertiary/aromatic N) is 1. The summed E-state index contributed by atoms with van der Waals surface area (Å²) in [6.07, 6.45) is 0.834. The zero-order valence-corrected chi connectivity index (χ0v) is 13.6. The van der Waals surface area contributed by atoms with Gasteiger partial charge in [-0.1, -0.05) is 23.7 Å². The Hall–Kier alpha value is -1.54. The Morgan fingerprint density at radius 1 is 1.24 bits per heavy atom. The van der Waals surface area contributed by atoms with Gasteiger partial charge in [-0.05, 0) is 58.7 Å². The van der Waals surface area contributed by atoms with Gasteiger partial charge in [0.15, 0.2) is 0 Å². The summed E-state index contributed by atoms with van der Waals surface area (Å²) in [4.78, 5) is 0. The first-order chi connectivity index (χ1) is 10.1. The minimum Gasteiger partial charge on any atom is -0.488 e. The summed E-state index contributed by atoms with van der Waals surface area (Å²) in [6, 6.07) is 13.1. The van der Waals surface area contributed by atoms with E-state index in [4.69, 9.17) is 27.3 Å². The number of nitriles is 1. The first kappa shape index (κ1) is 15.8. The molecule has 2 N–H and O–H groups in total. The molecule has 0 fully saturated rings. The summed E-state index contributed by atoms with van der Waals surface area (Å²) in [6.45, 7) is 0.965. The third kappa shape index (κ3) is 4.21. The van der Waals surface area contributed by atoms with E-state index >= 15 is 0 Å². The maximum atomic E-state index is 8.81. The Balaban J connectivity index is 2.08. The highest BCUT2D eigenvalue weighted by molar-refractivity contribution is 9.10. The highest BCUT2D eigenvalue weighted by Gasteiger charge is 2.06. The maximum Gasteiger partial charge on any atom is 0.134 e. The Morgan fingerprint density at radius 3 is 2.67 bits per heavy atom. The predicted molar refractivity (Wildman–Crippen MR) is 87.4 cm³/mol. The van der Waals surface area contributed by atoms with E-state index in [0.717, 1.165) is 27.8 Å². The zero-order chi connectivity index (χ0) is 15.2. The molecule has 0 aliphatic heterocycles. The van der Waals surface area contributed by atoms with Gasteiger partial charge >= 0.3 is 0 Å². The summed E-state index contributed by atoms with van der Waals surface area (Å²) >= 11 is 9.61. The van der Waals surface area contributed by atoms with Crippen molar-refractivity contribution in [1.82, 2.24) is 0 Å². The van der Waals surface area contributed by atoms with Crippen LogP contribution in [-0.2, 0) is 13.0 Å². The lowest BCUT2D eigenvalue weighted by Crippen LogP contribution is -2.03. The molecule has 21 heavy (non-hydrogen) atoms. The fourth-order valence-corrected chi connectivity index (χ4v) is 2.65. The van der Waals surface area contributed by atoms with Crippen molar-refractivity contribution in [3.8, 4) is 11.8 Å². The smallest absolute Gasteiger partial charge is 0.134 e. The molecule has 0 heterocycles. The molecule has 5 heteroatoms. The normalized spacial score (nSPS) is 10.2. The zero-order valence-electron chi connectivity index (χ0n) is 11.3. The molecule has 3 nitrogen and oxygen atoms in total. The van der Waals surface area contributed by atoms with Gasteiger partial charge in [-0.3, -0.25) is 0 Å². The minimum atomic E-state index is 0.347. The number of nitrogens with two attached hydrogens (primary N) is 1. The van der Waals surface area contributed by atoms with Crippen LogP contribution in [0.5, 0.6) is 5.75 Å². The van der Waals surface area contributed by atoms with Gasteiger partial charge in [-0.25, -0.2) is 0 Å². The minimum absolute atomic E-state index is 0.347. The van der Waals surface area contributed by atoms with Gasteiger partial charge in [-0.2, -0.15) is 5.26 Å². The number of ether oxygens (including phenoxy) is 1. The fraction of sp³-hybridized carbons (Fsp3) is 0.188. The highest BCUT2D eigenvalue weighted by atomic mass is 79.9. The Kier molecular flexibility index (Phi) is 5.63. The lowest BCUT2D eigenvalue weighted by Gasteiger charge is -2.11. The van der Waals surface area contributed by atoms with Crippen molar-refractivity contribution in [3.63, 3.8) is 0 Å². The molecular formula is C16H14BrClN2O. The van der Waals surface area contributed by atoms with E-state index in [-0.39, 0.29) is 0 Å². The molecule has 0 aliphatic carbocycles. The van der Waals surface area contributed by atoms with E-state index in [1.54, 1.807) is 18.2 Å².